The number of nitrogens with one attached hydrogen (secondary N) is 1. The fraction of sp³-hybridized carbons (Fsp3) is 0.105. The van der Waals surface area contributed by atoms with E-state index in [4.69, 9.17) is 9.47 Å². The zero-order valence-electron chi connectivity index (χ0n) is 15.5. The molecule has 31 heavy (non-hydrogen) atoms. The van der Waals surface area contributed by atoms with E-state index in [9.17, 15) is 24.5 Å². The zero-order valence-corrected chi connectivity index (χ0v) is 17.9. The minimum absolute atomic E-state index is 0.0411. The maximum absolute atomic E-state index is 12.7. The van der Waals surface area contributed by atoms with Crippen LogP contribution in [0.4, 0.5) is 16.2 Å². The van der Waals surface area contributed by atoms with Gasteiger partial charge in [-0.15, -0.1) is 0 Å². The molecule has 1 N–H and O–H groups in total. The topological polar surface area (TPSA) is 128 Å². The van der Waals surface area contributed by atoms with Gasteiger partial charge in [0, 0.05) is 4.47 Å². The number of rotatable bonds is 5. The third-order valence-electron chi connectivity index (χ3n) is 4.33. The summed E-state index contributed by atoms with van der Waals surface area (Å²) in [6.45, 7) is -0.564. The summed E-state index contributed by atoms with van der Waals surface area (Å²) < 4.78 is 11.0. The molecule has 1 fully saturated rings. The summed E-state index contributed by atoms with van der Waals surface area (Å²) in [6.07, 6.45) is 1.23. The molecular formula is C19H12BrN3O7S. The van der Waals surface area contributed by atoms with Crippen molar-refractivity contribution in [2.24, 2.45) is 0 Å². The first-order valence-electron chi connectivity index (χ1n) is 8.71. The summed E-state index contributed by atoms with van der Waals surface area (Å²) in [5.41, 5.74) is 0.270. The third-order valence-corrected chi connectivity index (χ3v) is 5.93. The van der Waals surface area contributed by atoms with Crippen molar-refractivity contribution in [1.29, 1.82) is 0 Å². The average molecular weight is 506 g/mol. The van der Waals surface area contributed by atoms with Crippen molar-refractivity contribution in [3.63, 3.8) is 0 Å². The molecular weight excluding hydrogens is 494 g/mol. The Bertz CT molecular complexity index is 1170. The molecule has 4 rings (SSSR count). The lowest BCUT2D eigenvalue weighted by Crippen LogP contribution is -2.36. The monoisotopic (exact) mass is 505 g/mol. The number of carbonyl (C=O) groups excluding carboxylic acids is 3. The van der Waals surface area contributed by atoms with Crippen molar-refractivity contribution in [3.8, 4) is 11.5 Å². The fourth-order valence-corrected chi connectivity index (χ4v) is 4.11. The van der Waals surface area contributed by atoms with Crippen LogP contribution in [0.15, 0.2) is 45.8 Å². The number of halogens is 1. The van der Waals surface area contributed by atoms with Gasteiger partial charge in [0.2, 0.25) is 12.7 Å². The number of carbonyl (C=O) groups is 3. The van der Waals surface area contributed by atoms with Crippen LogP contribution in [0.25, 0.3) is 6.08 Å². The Morgan fingerprint density at radius 1 is 1.26 bits per heavy atom. The maximum Gasteiger partial charge on any atom is 0.294 e. The second-order valence-corrected chi connectivity index (χ2v) is 8.16. The van der Waals surface area contributed by atoms with Crippen molar-refractivity contribution in [2.75, 3.05) is 18.7 Å². The van der Waals surface area contributed by atoms with E-state index in [1.54, 1.807) is 24.3 Å². The number of imide groups is 1. The van der Waals surface area contributed by atoms with Crippen LogP contribution in [0.1, 0.15) is 5.56 Å². The number of fused-ring (bicyclic) bond motifs is 1. The van der Waals surface area contributed by atoms with Crippen LogP contribution < -0.4 is 14.8 Å². The number of nitrogens with zero attached hydrogens (tertiary/aromatic N) is 2. The first-order chi connectivity index (χ1) is 14.8. The Balaban J connectivity index is 1.55. The standard InChI is InChI=1S/C19H12BrN3O7S/c20-11-3-1-2-4-12(11)21-17(24)8-22-18(25)16(31-19(22)26)6-10-5-14-15(30-9-29-14)7-13(10)23(27)28/h1-7H,8-9H2,(H,21,24)/b16-6-. The lowest BCUT2D eigenvalue weighted by molar-refractivity contribution is -0.385. The number of hydrogen-bond acceptors (Lipinski definition) is 8. The smallest absolute Gasteiger partial charge is 0.294 e. The van der Waals surface area contributed by atoms with Gasteiger partial charge in [0.15, 0.2) is 11.5 Å². The number of nitro groups is 1. The Labute approximate surface area is 187 Å². The fourth-order valence-electron chi connectivity index (χ4n) is 2.89. The van der Waals surface area contributed by atoms with E-state index in [2.05, 4.69) is 21.2 Å². The molecule has 0 aromatic heterocycles. The number of amides is 3. The van der Waals surface area contributed by atoms with Gasteiger partial charge in [-0.3, -0.25) is 29.4 Å². The van der Waals surface area contributed by atoms with Crippen LogP contribution >= 0.6 is 27.7 Å². The molecule has 0 aliphatic carbocycles. The van der Waals surface area contributed by atoms with E-state index < -0.39 is 28.5 Å². The molecule has 2 heterocycles. The number of thioether (sulfide) groups is 1. The highest BCUT2D eigenvalue weighted by Crippen LogP contribution is 2.40. The van der Waals surface area contributed by atoms with Gasteiger partial charge in [0.1, 0.15) is 6.54 Å². The van der Waals surface area contributed by atoms with Crippen LogP contribution in [0, 0.1) is 10.1 Å². The molecule has 0 bridgehead atoms. The Morgan fingerprint density at radius 3 is 2.68 bits per heavy atom. The van der Waals surface area contributed by atoms with Gasteiger partial charge >= 0.3 is 0 Å². The highest BCUT2D eigenvalue weighted by Gasteiger charge is 2.37. The average Bonchev–Trinajstić information content (AvgIpc) is 3.28. The van der Waals surface area contributed by atoms with Crippen molar-refractivity contribution >= 4 is 62.2 Å². The lowest BCUT2D eigenvalue weighted by Gasteiger charge is -2.13. The van der Waals surface area contributed by atoms with Crippen molar-refractivity contribution < 1.29 is 28.8 Å². The zero-order chi connectivity index (χ0) is 22.1. The van der Waals surface area contributed by atoms with Crippen molar-refractivity contribution in [3.05, 3.63) is 61.5 Å². The van der Waals surface area contributed by atoms with Gasteiger partial charge in [-0.2, -0.15) is 0 Å². The van der Waals surface area contributed by atoms with Crippen LogP contribution in [0.5, 0.6) is 11.5 Å². The molecule has 0 unspecified atom stereocenters. The first-order valence-corrected chi connectivity index (χ1v) is 10.3. The van der Waals surface area contributed by atoms with Crippen molar-refractivity contribution in [2.45, 2.75) is 0 Å². The van der Waals surface area contributed by atoms with Crippen LogP contribution in [0.2, 0.25) is 0 Å². The number of benzene rings is 2. The summed E-state index contributed by atoms with van der Waals surface area (Å²) >= 11 is 3.89. The summed E-state index contributed by atoms with van der Waals surface area (Å²) in [5, 5.41) is 13.4. The summed E-state index contributed by atoms with van der Waals surface area (Å²) in [4.78, 5) is 48.8. The maximum atomic E-state index is 12.7. The van der Waals surface area contributed by atoms with Gasteiger partial charge in [-0.1, -0.05) is 12.1 Å². The molecule has 2 aromatic rings. The van der Waals surface area contributed by atoms with E-state index in [0.717, 1.165) is 4.90 Å². The highest BCUT2D eigenvalue weighted by molar-refractivity contribution is 9.10. The van der Waals surface area contributed by atoms with Gasteiger partial charge in [-0.25, -0.2) is 0 Å². The van der Waals surface area contributed by atoms with Crippen LogP contribution in [-0.4, -0.2) is 40.2 Å². The lowest BCUT2D eigenvalue weighted by atomic mass is 10.1. The Kier molecular flexibility index (Phi) is 5.65. The molecule has 0 atom stereocenters. The molecule has 10 nitrogen and oxygen atoms in total. The van der Waals surface area contributed by atoms with Gasteiger partial charge in [-0.05, 0) is 52.0 Å². The van der Waals surface area contributed by atoms with Crippen LogP contribution in [0.3, 0.4) is 0 Å². The minimum Gasteiger partial charge on any atom is -0.454 e. The largest absolute Gasteiger partial charge is 0.454 e. The highest BCUT2D eigenvalue weighted by atomic mass is 79.9. The number of ether oxygens (including phenoxy) is 2. The van der Waals surface area contributed by atoms with E-state index in [1.807, 2.05) is 0 Å². The second-order valence-electron chi connectivity index (χ2n) is 6.32. The third kappa shape index (κ3) is 4.25. The summed E-state index contributed by atoms with van der Waals surface area (Å²) in [6, 6.07) is 9.46. The number of anilines is 1. The van der Waals surface area contributed by atoms with E-state index in [-0.39, 0.29) is 28.7 Å². The predicted molar refractivity (Wildman–Crippen MR) is 115 cm³/mol. The molecule has 158 valence electrons. The molecule has 3 amide bonds. The molecule has 2 aliphatic rings. The molecule has 2 aromatic carbocycles. The Morgan fingerprint density at radius 2 is 1.97 bits per heavy atom. The quantitative estimate of drug-likeness (QED) is 0.369. The van der Waals surface area contributed by atoms with E-state index >= 15 is 0 Å². The van der Waals surface area contributed by atoms with Crippen LogP contribution in [-0.2, 0) is 9.59 Å². The molecule has 1 saturated heterocycles. The summed E-state index contributed by atoms with van der Waals surface area (Å²) in [5.74, 6) is -0.765. The number of hydrogen-bond donors (Lipinski definition) is 1. The number of nitro benzene ring substituents is 1. The molecule has 0 spiro atoms. The molecule has 0 saturated carbocycles. The number of para-hydroxylation sites is 1. The SMILES string of the molecule is O=C(CN1C(=O)S/C(=C\c2cc3c(cc2[N+](=O)[O-])OCO3)C1=O)Nc1ccccc1Br. The van der Waals surface area contributed by atoms with E-state index in [0.29, 0.717) is 27.7 Å². The molecule has 2 aliphatic heterocycles. The predicted octanol–water partition coefficient (Wildman–Crippen LogP) is 3.76. The second kappa shape index (κ2) is 8.40. The minimum atomic E-state index is -0.718. The summed E-state index contributed by atoms with van der Waals surface area (Å²) in [7, 11) is 0. The van der Waals surface area contributed by atoms with Gasteiger partial charge in [0.05, 0.1) is 27.1 Å². The van der Waals surface area contributed by atoms with Gasteiger partial charge in [0.25, 0.3) is 16.8 Å². The van der Waals surface area contributed by atoms with Crippen molar-refractivity contribution in [1.82, 2.24) is 4.90 Å². The molecule has 12 heteroatoms. The van der Waals surface area contributed by atoms with E-state index in [1.165, 1.54) is 18.2 Å². The first kappa shape index (κ1) is 20.9. The molecule has 0 radical (unpaired) electrons. The Hall–Kier alpha value is -3.38. The van der Waals surface area contributed by atoms with Gasteiger partial charge < -0.3 is 14.8 Å². The normalized spacial score (nSPS) is 16.2.